The number of rotatable bonds is 6. The van der Waals surface area contributed by atoms with Gasteiger partial charge in [0.1, 0.15) is 6.26 Å². The van der Waals surface area contributed by atoms with Gasteiger partial charge in [0, 0.05) is 37.9 Å². The lowest BCUT2D eigenvalue weighted by atomic mass is 10.1. The number of amides is 1. The first kappa shape index (κ1) is 19.2. The van der Waals surface area contributed by atoms with Crippen molar-refractivity contribution < 1.29 is 9.21 Å². The third-order valence-corrected chi connectivity index (χ3v) is 5.41. The Kier molecular flexibility index (Phi) is 5.94. The number of likely N-dealkylation sites (N-methyl/N-ethyl adjacent to an activating group) is 1. The Labute approximate surface area is 172 Å². The molecule has 1 amide bonds. The summed E-state index contributed by atoms with van der Waals surface area (Å²) in [5, 5.41) is 0. The van der Waals surface area contributed by atoms with Crippen molar-refractivity contribution in [3.63, 3.8) is 0 Å². The molecule has 29 heavy (non-hydrogen) atoms. The minimum Gasteiger partial charge on any atom is -0.444 e. The Balaban J connectivity index is 1.33. The molecule has 0 atom stereocenters. The van der Waals surface area contributed by atoms with Crippen LogP contribution in [0.5, 0.6) is 0 Å². The summed E-state index contributed by atoms with van der Waals surface area (Å²) in [5.41, 5.74) is 3.97. The lowest BCUT2D eigenvalue weighted by molar-refractivity contribution is -0.129. The molecule has 3 aromatic rings. The maximum Gasteiger partial charge on any atom is 0.228 e. The molecular formula is C24H27N3O2. The second-order valence-electron chi connectivity index (χ2n) is 7.65. The summed E-state index contributed by atoms with van der Waals surface area (Å²) in [7, 11) is 1.83. The summed E-state index contributed by atoms with van der Waals surface area (Å²) >= 11 is 0. The highest BCUT2D eigenvalue weighted by molar-refractivity contribution is 5.78. The molecule has 1 aliphatic rings. The van der Waals surface area contributed by atoms with Crippen LogP contribution in [-0.2, 0) is 17.8 Å². The quantitative estimate of drug-likeness (QED) is 0.621. The van der Waals surface area contributed by atoms with Gasteiger partial charge in [0.05, 0.1) is 12.1 Å². The molecule has 2 heterocycles. The van der Waals surface area contributed by atoms with Gasteiger partial charge in [0.25, 0.3) is 0 Å². The van der Waals surface area contributed by atoms with Crippen LogP contribution in [0, 0.1) is 0 Å². The number of anilines is 1. The predicted molar refractivity (Wildman–Crippen MR) is 115 cm³/mol. The molecule has 1 aliphatic heterocycles. The predicted octanol–water partition coefficient (Wildman–Crippen LogP) is 4.53. The molecule has 0 spiro atoms. The number of carbonyl (C=O) groups is 1. The summed E-state index contributed by atoms with van der Waals surface area (Å²) in [4.78, 5) is 21.3. The molecule has 1 saturated heterocycles. The molecular weight excluding hydrogens is 362 g/mol. The van der Waals surface area contributed by atoms with Gasteiger partial charge in [-0.2, -0.15) is 0 Å². The van der Waals surface area contributed by atoms with E-state index < -0.39 is 0 Å². The number of piperidine rings is 1. The number of hydrogen-bond acceptors (Lipinski definition) is 4. The van der Waals surface area contributed by atoms with E-state index in [9.17, 15) is 4.79 Å². The number of benzene rings is 2. The zero-order chi connectivity index (χ0) is 20.1. The molecule has 150 valence electrons. The van der Waals surface area contributed by atoms with Crippen molar-refractivity contribution in [2.45, 2.75) is 32.2 Å². The van der Waals surface area contributed by atoms with E-state index in [0.29, 0.717) is 18.1 Å². The first-order chi connectivity index (χ1) is 14.2. The van der Waals surface area contributed by atoms with E-state index in [4.69, 9.17) is 4.42 Å². The minimum atomic E-state index is 0.0259. The molecule has 0 bridgehead atoms. The highest BCUT2D eigenvalue weighted by Gasteiger charge is 2.15. The van der Waals surface area contributed by atoms with E-state index in [1.807, 2.05) is 37.4 Å². The zero-order valence-corrected chi connectivity index (χ0v) is 16.9. The van der Waals surface area contributed by atoms with E-state index in [1.54, 1.807) is 11.2 Å². The highest BCUT2D eigenvalue weighted by Crippen LogP contribution is 2.21. The molecule has 5 heteroatoms. The van der Waals surface area contributed by atoms with Gasteiger partial charge >= 0.3 is 0 Å². The lowest BCUT2D eigenvalue weighted by Gasteiger charge is -2.29. The standard InChI is InChI=1S/C24H27N3O2/c1-26(17-19-10-12-22(13-11-19)27-14-6-3-7-15-27)23(28)16-21-18-29-24(25-21)20-8-4-2-5-9-20/h2,4-5,8-13,18H,3,6-7,14-17H2,1H3. The van der Waals surface area contributed by atoms with Crippen molar-refractivity contribution in [3.05, 3.63) is 72.1 Å². The van der Waals surface area contributed by atoms with Crippen LogP contribution in [0.1, 0.15) is 30.5 Å². The molecule has 0 radical (unpaired) electrons. The molecule has 0 aliphatic carbocycles. The maximum atomic E-state index is 12.6. The van der Waals surface area contributed by atoms with E-state index in [-0.39, 0.29) is 12.3 Å². The van der Waals surface area contributed by atoms with E-state index in [2.05, 4.69) is 34.1 Å². The summed E-state index contributed by atoms with van der Waals surface area (Å²) < 4.78 is 5.53. The van der Waals surface area contributed by atoms with Crippen LogP contribution >= 0.6 is 0 Å². The van der Waals surface area contributed by atoms with Gasteiger partial charge in [-0.3, -0.25) is 4.79 Å². The Morgan fingerprint density at radius 3 is 2.48 bits per heavy atom. The van der Waals surface area contributed by atoms with Gasteiger partial charge in [-0.05, 0) is 49.1 Å². The number of nitrogens with zero attached hydrogens (tertiary/aromatic N) is 3. The summed E-state index contributed by atoms with van der Waals surface area (Å²) in [6.07, 6.45) is 5.68. The number of oxazole rings is 1. The molecule has 4 rings (SSSR count). The third kappa shape index (κ3) is 4.86. The molecule has 1 aromatic heterocycles. The van der Waals surface area contributed by atoms with Crippen LogP contribution < -0.4 is 4.90 Å². The fraction of sp³-hybridized carbons (Fsp3) is 0.333. The minimum absolute atomic E-state index is 0.0259. The topological polar surface area (TPSA) is 49.6 Å². The van der Waals surface area contributed by atoms with Crippen LogP contribution in [0.2, 0.25) is 0 Å². The molecule has 0 saturated carbocycles. The lowest BCUT2D eigenvalue weighted by Crippen LogP contribution is -2.29. The van der Waals surface area contributed by atoms with Crippen molar-refractivity contribution in [2.24, 2.45) is 0 Å². The van der Waals surface area contributed by atoms with Gasteiger partial charge in [-0.25, -0.2) is 4.98 Å². The number of aromatic nitrogens is 1. The van der Waals surface area contributed by atoms with Crippen molar-refractivity contribution >= 4 is 11.6 Å². The molecule has 0 N–H and O–H groups in total. The van der Waals surface area contributed by atoms with Crippen LogP contribution in [0.25, 0.3) is 11.5 Å². The largest absolute Gasteiger partial charge is 0.444 e. The monoisotopic (exact) mass is 389 g/mol. The summed E-state index contributed by atoms with van der Waals surface area (Å²) in [6, 6.07) is 18.3. The van der Waals surface area contributed by atoms with Crippen molar-refractivity contribution in [1.82, 2.24) is 9.88 Å². The number of carbonyl (C=O) groups excluding carboxylic acids is 1. The second-order valence-corrected chi connectivity index (χ2v) is 7.65. The fourth-order valence-corrected chi connectivity index (χ4v) is 3.72. The van der Waals surface area contributed by atoms with E-state index in [0.717, 1.165) is 24.2 Å². The Bertz CT molecular complexity index is 928. The average Bonchev–Trinajstić information content (AvgIpc) is 3.24. The van der Waals surface area contributed by atoms with Crippen LogP contribution in [0.4, 0.5) is 5.69 Å². The second kappa shape index (κ2) is 8.95. The first-order valence-electron chi connectivity index (χ1n) is 10.3. The smallest absolute Gasteiger partial charge is 0.228 e. The van der Waals surface area contributed by atoms with Crippen LogP contribution in [0.15, 0.2) is 65.3 Å². The van der Waals surface area contributed by atoms with E-state index in [1.165, 1.54) is 24.9 Å². The molecule has 1 fully saturated rings. The Morgan fingerprint density at radius 2 is 1.76 bits per heavy atom. The van der Waals surface area contributed by atoms with Gasteiger partial charge < -0.3 is 14.2 Å². The Morgan fingerprint density at radius 1 is 1.03 bits per heavy atom. The van der Waals surface area contributed by atoms with Gasteiger partial charge in [-0.15, -0.1) is 0 Å². The maximum absolute atomic E-state index is 12.6. The zero-order valence-electron chi connectivity index (χ0n) is 16.9. The summed E-state index contributed by atoms with van der Waals surface area (Å²) in [5.74, 6) is 0.572. The van der Waals surface area contributed by atoms with Crippen molar-refractivity contribution in [1.29, 1.82) is 0 Å². The van der Waals surface area contributed by atoms with Gasteiger partial charge in [0.15, 0.2) is 0 Å². The highest BCUT2D eigenvalue weighted by atomic mass is 16.3. The van der Waals surface area contributed by atoms with Crippen LogP contribution in [-0.4, -0.2) is 35.9 Å². The third-order valence-electron chi connectivity index (χ3n) is 5.41. The van der Waals surface area contributed by atoms with Crippen LogP contribution in [0.3, 0.4) is 0 Å². The summed E-state index contributed by atoms with van der Waals surface area (Å²) in [6.45, 7) is 2.86. The average molecular weight is 389 g/mol. The van der Waals surface area contributed by atoms with Crippen molar-refractivity contribution in [3.8, 4) is 11.5 Å². The van der Waals surface area contributed by atoms with Crippen molar-refractivity contribution in [2.75, 3.05) is 25.0 Å². The molecule has 5 nitrogen and oxygen atoms in total. The fourth-order valence-electron chi connectivity index (χ4n) is 3.72. The van der Waals surface area contributed by atoms with Gasteiger partial charge in [-0.1, -0.05) is 30.3 Å². The molecule has 0 unspecified atom stereocenters. The SMILES string of the molecule is CN(Cc1ccc(N2CCCCC2)cc1)C(=O)Cc1coc(-c2ccccc2)n1. The first-order valence-corrected chi connectivity index (χ1v) is 10.3. The Hall–Kier alpha value is -3.08. The van der Waals surface area contributed by atoms with Gasteiger partial charge in [0.2, 0.25) is 11.8 Å². The number of hydrogen-bond donors (Lipinski definition) is 0. The normalized spacial score (nSPS) is 14.0. The van der Waals surface area contributed by atoms with E-state index >= 15 is 0 Å². The molecule has 2 aromatic carbocycles.